The number of halogens is 1. The number of benzene rings is 2. The molecule has 0 aliphatic carbocycles. The van der Waals surface area contributed by atoms with E-state index >= 15 is 0 Å². The van der Waals surface area contributed by atoms with Gasteiger partial charge < -0.3 is 15.4 Å². The van der Waals surface area contributed by atoms with Crippen molar-refractivity contribution in [2.45, 2.75) is 6.92 Å². The molecule has 0 bridgehead atoms. The van der Waals surface area contributed by atoms with Crippen molar-refractivity contribution in [3.63, 3.8) is 0 Å². The monoisotopic (exact) mass is 390 g/mol. The standard InChI is InChI=1S/C17H15BrN2O4/c1-11(21)19-14-6-3-7-15(9-14)20-16(22)10-24-17(23)12-4-2-5-13(18)8-12/h2-9H,10H2,1H3,(H,19,21)(H,20,22). The van der Waals surface area contributed by atoms with Crippen LogP contribution in [-0.2, 0) is 14.3 Å². The molecule has 0 saturated carbocycles. The maximum atomic E-state index is 11.9. The molecule has 0 saturated heterocycles. The summed E-state index contributed by atoms with van der Waals surface area (Å²) in [5, 5.41) is 5.21. The number of hydrogen-bond donors (Lipinski definition) is 2. The van der Waals surface area contributed by atoms with Crippen molar-refractivity contribution < 1.29 is 19.1 Å². The van der Waals surface area contributed by atoms with Gasteiger partial charge in [-0.25, -0.2) is 4.79 Å². The Morgan fingerprint density at radius 3 is 2.33 bits per heavy atom. The number of amides is 2. The molecule has 24 heavy (non-hydrogen) atoms. The number of hydrogen-bond acceptors (Lipinski definition) is 4. The highest BCUT2D eigenvalue weighted by atomic mass is 79.9. The number of rotatable bonds is 5. The average Bonchev–Trinajstić information content (AvgIpc) is 2.52. The van der Waals surface area contributed by atoms with Gasteiger partial charge >= 0.3 is 5.97 Å². The number of ether oxygens (including phenoxy) is 1. The second kappa shape index (κ2) is 8.26. The van der Waals surface area contributed by atoms with E-state index in [1.165, 1.54) is 6.92 Å². The van der Waals surface area contributed by atoms with Gasteiger partial charge in [0.15, 0.2) is 6.61 Å². The van der Waals surface area contributed by atoms with Gasteiger partial charge in [-0.05, 0) is 36.4 Å². The van der Waals surface area contributed by atoms with Crippen LogP contribution in [0.5, 0.6) is 0 Å². The van der Waals surface area contributed by atoms with E-state index in [9.17, 15) is 14.4 Å². The molecular formula is C17H15BrN2O4. The lowest BCUT2D eigenvalue weighted by Gasteiger charge is -2.08. The number of carbonyl (C=O) groups excluding carboxylic acids is 3. The second-order valence-corrected chi connectivity index (χ2v) is 5.81. The topological polar surface area (TPSA) is 84.5 Å². The van der Waals surface area contributed by atoms with Gasteiger partial charge in [-0.15, -0.1) is 0 Å². The van der Waals surface area contributed by atoms with Crippen LogP contribution in [0.25, 0.3) is 0 Å². The summed E-state index contributed by atoms with van der Waals surface area (Å²) in [7, 11) is 0. The highest BCUT2D eigenvalue weighted by molar-refractivity contribution is 9.10. The molecular weight excluding hydrogens is 376 g/mol. The van der Waals surface area contributed by atoms with Gasteiger partial charge in [-0.3, -0.25) is 9.59 Å². The molecule has 2 aromatic rings. The number of esters is 1. The van der Waals surface area contributed by atoms with Gasteiger partial charge in [-0.1, -0.05) is 28.1 Å². The third kappa shape index (κ3) is 5.51. The smallest absolute Gasteiger partial charge is 0.338 e. The Labute approximate surface area is 147 Å². The van der Waals surface area contributed by atoms with Gasteiger partial charge in [-0.2, -0.15) is 0 Å². The molecule has 2 rings (SSSR count). The quantitative estimate of drug-likeness (QED) is 0.767. The van der Waals surface area contributed by atoms with E-state index in [1.807, 2.05) is 0 Å². The van der Waals surface area contributed by atoms with Crippen LogP contribution in [0.15, 0.2) is 53.0 Å². The predicted molar refractivity (Wildman–Crippen MR) is 93.8 cm³/mol. The maximum Gasteiger partial charge on any atom is 0.338 e. The van der Waals surface area contributed by atoms with Crippen LogP contribution < -0.4 is 10.6 Å². The van der Waals surface area contributed by atoms with Crippen molar-refractivity contribution in [1.29, 1.82) is 0 Å². The second-order valence-electron chi connectivity index (χ2n) is 4.90. The minimum atomic E-state index is -0.585. The Balaban J connectivity index is 1.89. The van der Waals surface area contributed by atoms with E-state index in [1.54, 1.807) is 48.5 Å². The van der Waals surface area contributed by atoms with E-state index < -0.39 is 18.5 Å². The highest BCUT2D eigenvalue weighted by Gasteiger charge is 2.11. The first-order chi connectivity index (χ1) is 11.4. The zero-order valence-corrected chi connectivity index (χ0v) is 14.4. The van der Waals surface area contributed by atoms with Crippen molar-refractivity contribution >= 4 is 45.1 Å². The van der Waals surface area contributed by atoms with Crippen LogP contribution >= 0.6 is 15.9 Å². The molecule has 0 fully saturated rings. The Bertz CT molecular complexity index is 777. The van der Waals surface area contributed by atoms with Gasteiger partial charge in [0.1, 0.15) is 0 Å². The van der Waals surface area contributed by atoms with Crippen molar-refractivity contribution in [3.05, 3.63) is 58.6 Å². The van der Waals surface area contributed by atoms with Crippen LogP contribution in [0.4, 0.5) is 11.4 Å². The molecule has 0 radical (unpaired) electrons. The SMILES string of the molecule is CC(=O)Nc1cccc(NC(=O)COC(=O)c2cccc(Br)c2)c1. The summed E-state index contributed by atoms with van der Waals surface area (Å²) in [4.78, 5) is 34.7. The van der Waals surface area contributed by atoms with Gasteiger partial charge in [0.2, 0.25) is 5.91 Å². The minimum absolute atomic E-state index is 0.207. The van der Waals surface area contributed by atoms with Crippen LogP contribution in [0, 0.1) is 0 Å². The molecule has 0 atom stereocenters. The lowest BCUT2D eigenvalue weighted by Crippen LogP contribution is -2.21. The largest absolute Gasteiger partial charge is 0.452 e. The zero-order valence-electron chi connectivity index (χ0n) is 12.8. The first kappa shape index (κ1) is 17.7. The molecule has 0 aromatic heterocycles. The summed E-state index contributed by atoms with van der Waals surface area (Å²) in [5.41, 5.74) is 1.40. The van der Waals surface area contributed by atoms with Gasteiger partial charge in [0, 0.05) is 22.8 Å². The van der Waals surface area contributed by atoms with E-state index in [0.29, 0.717) is 16.9 Å². The van der Waals surface area contributed by atoms with Crippen molar-refractivity contribution in [1.82, 2.24) is 0 Å². The summed E-state index contributed by atoms with van der Waals surface area (Å²) >= 11 is 3.26. The number of anilines is 2. The van der Waals surface area contributed by atoms with E-state index in [0.717, 1.165) is 4.47 Å². The fraction of sp³-hybridized carbons (Fsp3) is 0.118. The molecule has 124 valence electrons. The van der Waals surface area contributed by atoms with E-state index in [4.69, 9.17) is 4.74 Å². The first-order valence-corrected chi connectivity index (χ1v) is 7.83. The molecule has 0 spiro atoms. The molecule has 2 amide bonds. The maximum absolute atomic E-state index is 11.9. The predicted octanol–water partition coefficient (Wildman–Crippen LogP) is 3.20. The number of carbonyl (C=O) groups is 3. The highest BCUT2D eigenvalue weighted by Crippen LogP contribution is 2.15. The average molecular weight is 391 g/mol. The van der Waals surface area contributed by atoms with Gasteiger partial charge in [0.05, 0.1) is 5.56 Å². The molecule has 0 aliphatic rings. The molecule has 0 heterocycles. The van der Waals surface area contributed by atoms with Crippen LogP contribution in [0.2, 0.25) is 0 Å². The normalized spacial score (nSPS) is 9.92. The molecule has 6 nitrogen and oxygen atoms in total. The van der Waals surface area contributed by atoms with Crippen LogP contribution in [0.3, 0.4) is 0 Å². The third-order valence-corrected chi connectivity index (χ3v) is 3.35. The van der Waals surface area contributed by atoms with Crippen LogP contribution in [0.1, 0.15) is 17.3 Å². The first-order valence-electron chi connectivity index (χ1n) is 7.04. The summed E-state index contributed by atoms with van der Waals surface area (Å²) < 4.78 is 5.72. The minimum Gasteiger partial charge on any atom is -0.452 e. The van der Waals surface area contributed by atoms with Crippen molar-refractivity contribution in [3.8, 4) is 0 Å². The Morgan fingerprint density at radius 1 is 1.00 bits per heavy atom. The lowest BCUT2D eigenvalue weighted by atomic mass is 10.2. The lowest BCUT2D eigenvalue weighted by molar-refractivity contribution is -0.119. The molecule has 7 heteroatoms. The molecule has 0 unspecified atom stereocenters. The fourth-order valence-electron chi connectivity index (χ4n) is 1.90. The Hall–Kier alpha value is -2.67. The summed E-state index contributed by atoms with van der Waals surface area (Å²) in [6, 6.07) is 13.4. The summed E-state index contributed by atoms with van der Waals surface area (Å²) in [5.74, 6) is -1.27. The fourth-order valence-corrected chi connectivity index (χ4v) is 2.30. The molecule has 2 aromatic carbocycles. The number of nitrogens with one attached hydrogen (secondary N) is 2. The summed E-state index contributed by atoms with van der Waals surface area (Å²) in [6.07, 6.45) is 0. The molecule has 0 aliphatic heterocycles. The Morgan fingerprint density at radius 2 is 1.67 bits per heavy atom. The van der Waals surface area contributed by atoms with E-state index in [-0.39, 0.29) is 5.91 Å². The zero-order chi connectivity index (χ0) is 17.5. The summed E-state index contributed by atoms with van der Waals surface area (Å²) in [6.45, 7) is 0.988. The van der Waals surface area contributed by atoms with Crippen molar-refractivity contribution in [2.24, 2.45) is 0 Å². The van der Waals surface area contributed by atoms with E-state index in [2.05, 4.69) is 26.6 Å². The Kier molecular flexibility index (Phi) is 6.08. The van der Waals surface area contributed by atoms with Crippen molar-refractivity contribution in [2.75, 3.05) is 17.2 Å². The third-order valence-electron chi connectivity index (χ3n) is 2.86. The van der Waals surface area contributed by atoms with Crippen LogP contribution in [-0.4, -0.2) is 24.4 Å². The molecule has 2 N–H and O–H groups in total. The van der Waals surface area contributed by atoms with Gasteiger partial charge in [0.25, 0.3) is 5.91 Å².